The third kappa shape index (κ3) is 6.51. The van der Waals surface area contributed by atoms with Crippen molar-refractivity contribution in [2.75, 3.05) is 26.8 Å². The van der Waals surface area contributed by atoms with E-state index in [0.29, 0.717) is 41.7 Å². The smallest absolute Gasteiger partial charge is 0.242 e. The van der Waals surface area contributed by atoms with Crippen molar-refractivity contribution in [1.82, 2.24) is 9.80 Å². The molecule has 0 aliphatic carbocycles. The van der Waals surface area contributed by atoms with Crippen LogP contribution in [0.1, 0.15) is 30.9 Å². The summed E-state index contributed by atoms with van der Waals surface area (Å²) in [5.41, 5.74) is 1.26. The van der Waals surface area contributed by atoms with E-state index < -0.39 is 0 Å². The lowest BCUT2D eigenvalue weighted by Crippen LogP contribution is -2.43. The van der Waals surface area contributed by atoms with Crippen LogP contribution in [0.15, 0.2) is 64.0 Å². The van der Waals surface area contributed by atoms with E-state index in [0.717, 1.165) is 0 Å². The highest BCUT2D eigenvalue weighted by molar-refractivity contribution is 5.85. The summed E-state index contributed by atoms with van der Waals surface area (Å²) < 4.78 is 24.1. The second-order valence-electron chi connectivity index (χ2n) is 7.98. The number of ether oxygens (including phenoxy) is 1. The summed E-state index contributed by atoms with van der Waals surface area (Å²) in [4.78, 5) is 41.8. The number of rotatable bonds is 11. The zero-order valence-electron chi connectivity index (χ0n) is 19.5. The molecule has 34 heavy (non-hydrogen) atoms. The molecular weight excluding hydrogens is 439 g/mol. The number of methoxy groups -OCH3 is 1. The van der Waals surface area contributed by atoms with Gasteiger partial charge in [-0.2, -0.15) is 0 Å². The van der Waals surface area contributed by atoms with Gasteiger partial charge in [-0.15, -0.1) is 0 Å². The average Bonchev–Trinajstić information content (AvgIpc) is 2.85. The van der Waals surface area contributed by atoms with Crippen LogP contribution < -0.4 is 5.43 Å². The highest BCUT2D eigenvalue weighted by Gasteiger charge is 2.22. The van der Waals surface area contributed by atoms with Gasteiger partial charge in [0.05, 0.1) is 30.3 Å². The maximum absolute atomic E-state index is 13.4. The molecule has 8 heteroatoms. The molecule has 0 saturated carbocycles. The van der Waals surface area contributed by atoms with Gasteiger partial charge in [-0.25, -0.2) is 4.39 Å². The molecular formula is C26H29FN2O5. The molecule has 1 heterocycles. The van der Waals surface area contributed by atoms with Crippen LogP contribution in [0.3, 0.4) is 0 Å². The lowest BCUT2D eigenvalue weighted by molar-refractivity contribution is -0.141. The van der Waals surface area contributed by atoms with Crippen molar-refractivity contribution >= 4 is 22.8 Å². The molecule has 2 amide bonds. The first-order chi connectivity index (χ1) is 16.4. The fraction of sp³-hybridized carbons (Fsp3) is 0.346. The summed E-state index contributed by atoms with van der Waals surface area (Å²) in [5.74, 6) is -0.845. The molecule has 0 radical (unpaired) electrons. The number of nitrogens with zero attached hydrogens (tertiary/aromatic N) is 2. The second kappa shape index (κ2) is 12.1. The maximum atomic E-state index is 13.4. The first-order valence-electron chi connectivity index (χ1n) is 11.2. The molecule has 0 aliphatic rings. The minimum Gasteiger partial charge on any atom is -0.464 e. The van der Waals surface area contributed by atoms with Gasteiger partial charge in [-0.1, -0.05) is 31.2 Å². The van der Waals surface area contributed by atoms with E-state index in [1.54, 1.807) is 50.4 Å². The molecule has 180 valence electrons. The molecule has 0 N–H and O–H groups in total. The summed E-state index contributed by atoms with van der Waals surface area (Å²) in [6, 6.07) is 12.7. The number of para-hydroxylation sites is 1. The first kappa shape index (κ1) is 25.1. The summed E-state index contributed by atoms with van der Waals surface area (Å²) in [6.07, 6.45) is 2.23. The van der Waals surface area contributed by atoms with E-state index in [4.69, 9.17) is 9.15 Å². The van der Waals surface area contributed by atoms with Crippen LogP contribution in [0, 0.1) is 5.82 Å². The first-order valence-corrected chi connectivity index (χ1v) is 11.2. The lowest BCUT2D eigenvalue weighted by atomic mass is 10.1. The Labute approximate surface area is 197 Å². The summed E-state index contributed by atoms with van der Waals surface area (Å²) in [5, 5.41) is 0.427. The Morgan fingerprint density at radius 1 is 1.00 bits per heavy atom. The molecule has 0 unspecified atom stereocenters. The van der Waals surface area contributed by atoms with Gasteiger partial charge in [0, 0.05) is 33.2 Å². The van der Waals surface area contributed by atoms with Crippen molar-refractivity contribution in [2.45, 2.75) is 32.9 Å². The van der Waals surface area contributed by atoms with Crippen molar-refractivity contribution < 1.29 is 23.1 Å². The van der Waals surface area contributed by atoms with E-state index in [9.17, 15) is 18.8 Å². The van der Waals surface area contributed by atoms with Gasteiger partial charge < -0.3 is 19.0 Å². The van der Waals surface area contributed by atoms with E-state index in [1.807, 2.05) is 0 Å². The molecule has 7 nitrogen and oxygen atoms in total. The Kier molecular flexibility index (Phi) is 8.93. The molecule has 2 aromatic carbocycles. The molecule has 1 aromatic heterocycles. The fourth-order valence-electron chi connectivity index (χ4n) is 3.65. The predicted molar refractivity (Wildman–Crippen MR) is 127 cm³/mol. The number of hydrogen-bond donors (Lipinski definition) is 0. The van der Waals surface area contributed by atoms with Crippen LogP contribution in [0.25, 0.3) is 11.0 Å². The fourth-order valence-corrected chi connectivity index (χ4v) is 3.65. The van der Waals surface area contributed by atoms with Gasteiger partial charge in [-0.3, -0.25) is 14.4 Å². The van der Waals surface area contributed by atoms with Gasteiger partial charge in [0.1, 0.15) is 11.4 Å². The van der Waals surface area contributed by atoms with Crippen molar-refractivity contribution in [1.29, 1.82) is 0 Å². The minimum absolute atomic E-state index is 0.00436. The highest BCUT2D eigenvalue weighted by Crippen LogP contribution is 2.15. The van der Waals surface area contributed by atoms with E-state index in [2.05, 4.69) is 0 Å². The van der Waals surface area contributed by atoms with Crippen molar-refractivity contribution in [3.8, 4) is 0 Å². The molecule has 0 atom stereocenters. The maximum Gasteiger partial charge on any atom is 0.242 e. The van der Waals surface area contributed by atoms with Crippen LogP contribution in [-0.4, -0.2) is 48.4 Å². The number of carbonyl (C=O) groups excluding carboxylic acids is 2. The topological polar surface area (TPSA) is 80.1 Å². The molecule has 0 saturated heterocycles. The normalized spacial score (nSPS) is 10.9. The Hall–Kier alpha value is -3.52. The zero-order valence-corrected chi connectivity index (χ0v) is 19.5. The molecule has 0 fully saturated rings. The summed E-state index contributed by atoms with van der Waals surface area (Å²) in [6.45, 7) is 2.62. The van der Waals surface area contributed by atoms with Crippen molar-refractivity contribution in [2.24, 2.45) is 0 Å². The zero-order chi connectivity index (χ0) is 24.5. The van der Waals surface area contributed by atoms with E-state index >= 15 is 0 Å². The van der Waals surface area contributed by atoms with E-state index in [-0.39, 0.29) is 49.1 Å². The van der Waals surface area contributed by atoms with Crippen LogP contribution in [0.2, 0.25) is 0 Å². The standard InChI is InChI=1S/C26H29FN2O5/c1-3-24(30)28(13-6-14-33-2)17-25(31)29(15-19-9-11-21(27)12-10-19)16-20-18-34-23-8-5-4-7-22(23)26(20)32/h4-5,7-12,18H,3,6,13-17H2,1-2H3. The quantitative estimate of drug-likeness (QED) is 0.401. The number of amides is 2. The third-order valence-electron chi connectivity index (χ3n) is 5.51. The summed E-state index contributed by atoms with van der Waals surface area (Å²) >= 11 is 0. The SMILES string of the molecule is CCC(=O)N(CCCOC)CC(=O)N(Cc1ccc(F)cc1)Cc1coc2ccccc2c1=O. The van der Waals surface area contributed by atoms with Crippen LogP contribution >= 0.6 is 0 Å². The lowest BCUT2D eigenvalue weighted by Gasteiger charge is -2.27. The largest absolute Gasteiger partial charge is 0.464 e. The van der Waals surface area contributed by atoms with Gasteiger partial charge in [0.2, 0.25) is 11.8 Å². The highest BCUT2D eigenvalue weighted by atomic mass is 19.1. The van der Waals surface area contributed by atoms with Gasteiger partial charge in [-0.05, 0) is 36.2 Å². The average molecular weight is 469 g/mol. The number of carbonyl (C=O) groups is 2. The molecule has 3 aromatic rings. The molecule has 0 bridgehead atoms. The number of benzene rings is 2. The molecule has 0 aliphatic heterocycles. The number of fused-ring (bicyclic) bond motifs is 1. The van der Waals surface area contributed by atoms with Crippen LogP contribution in [-0.2, 0) is 27.4 Å². The summed E-state index contributed by atoms with van der Waals surface area (Å²) in [7, 11) is 1.58. The Balaban J connectivity index is 1.87. The minimum atomic E-state index is -0.380. The van der Waals surface area contributed by atoms with Crippen LogP contribution in [0.5, 0.6) is 0 Å². The monoisotopic (exact) mass is 468 g/mol. The number of halogens is 1. The second-order valence-corrected chi connectivity index (χ2v) is 7.98. The number of hydrogen-bond acceptors (Lipinski definition) is 5. The Bertz CT molecular complexity index is 1180. The third-order valence-corrected chi connectivity index (χ3v) is 5.51. The van der Waals surface area contributed by atoms with Crippen LogP contribution in [0.4, 0.5) is 4.39 Å². The Morgan fingerprint density at radius 3 is 2.44 bits per heavy atom. The Morgan fingerprint density at radius 2 is 1.74 bits per heavy atom. The van der Waals surface area contributed by atoms with Crippen molar-refractivity contribution in [3.05, 3.63) is 82.0 Å². The van der Waals surface area contributed by atoms with Crippen molar-refractivity contribution in [3.63, 3.8) is 0 Å². The molecule has 0 spiro atoms. The molecule has 3 rings (SSSR count). The predicted octanol–water partition coefficient (Wildman–Crippen LogP) is 3.74. The van der Waals surface area contributed by atoms with Gasteiger partial charge >= 0.3 is 0 Å². The van der Waals surface area contributed by atoms with E-state index in [1.165, 1.54) is 28.2 Å². The van der Waals surface area contributed by atoms with Gasteiger partial charge in [0.15, 0.2) is 5.43 Å². The van der Waals surface area contributed by atoms with Gasteiger partial charge in [0.25, 0.3) is 0 Å².